The van der Waals surface area contributed by atoms with Gasteiger partial charge in [-0.3, -0.25) is 19.3 Å². The second-order valence-electron chi connectivity index (χ2n) is 3.63. The summed E-state index contributed by atoms with van der Waals surface area (Å²) in [5.41, 5.74) is 0. The minimum absolute atomic E-state index is 0.135. The molecule has 0 bridgehead atoms. The van der Waals surface area contributed by atoms with Gasteiger partial charge in [0.25, 0.3) is 0 Å². The zero-order valence-electron chi connectivity index (χ0n) is 9.73. The number of likely N-dealkylation sites (N-methyl/N-ethyl adjacent to an activating group) is 1. The molecule has 0 unspecified atom stereocenters. The van der Waals surface area contributed by atoms with Gasteiger partial charge < -0.3 is 10.2 Å². The first-order chi connectivity index (χ1) is 8.01. The highest BCUT2D eigenvalue weighted by molar-refractivity contribution is 6.38. The van der Waals surface area contributed by atoms with E-state index in [0.29, 0.717) is 13.1 Å². The van der Waals surface area contributed by atoms with E-state index in [-0.39, 0.29) is 6.54 Å². The first-order valence-electron chi connectivity index (χ1n) is 5.30. The molecule has 1 radical (unpaired) electrons. The lowest BCUT2D eigenvalue weighted by molar-refractivity contribution is -0.153. The van der Waals surface area contributed by atoms with Crippen molar-refractivity contribution in [3.8, 4) is 0 Å². The Hall–Kier alpha value is -1.92. The molecule has 0 aromatic heterocycles. The van der Waals surface area contributed by atoms with Crippen LogP contribution in [-0.2, 0) is 14.4 Å². The van der Waals surface area contributed by atoms with Crippen molar-refractivity contribution in [1.29, 1.82) is 0 Å². The van der Waals surface area contributed by atoms with Crippen LogP contribution in [0.3, 0.4) is 0 Å². The lowest BCUT2D eigenvalue weighted by atomic mass is 10.3. The number of piperazine rings is 1. The molecule has 93 valence electrons. The maximum atomic E-state index is 11.6. The first kappa shape index (κ1) is 13.1. The van der Waals surface area contributed by atoms with E-state index in [4.69, 9.17) is 0 Å². The van der Waals surface area contributed by atoms with Crippen LogP contribution >= 0.6 is 0 Å². The SMILES string of the molecule is CCN1CCN(C(=O)N[C@H](C)[C]=O)C(=O)C1=O. The molecule has 7 heteroatoms. The largest absolute Gasteiger partial charge is 0.333 e. The lowest BCUT2D eigenvalue weighted by Gasteiger charge is -2.31. The molecule has 0 aromatic carbocycles. The van der Waals surface area contributed by atoms with Gasteiger partial charge in [-0.25, -0.2) is 4.79 Å². The van der Waals surface area contributed by atoms with Crippen molar-refractivity contribution in [2.24, 2.45) is 0 Å². The van der Waals surface area contributed by atoms with Crippen LogP contribution in [0.15, 0.2) is 0 Å². The first-order valence-corrected chi connectivity index (χ1v) is 5.30. The second-order valence-corrected chi connectivity index (χ2v) is 3.63. The van der Waals surface area contributed by atoms with E-state index in [0.717, 1.165) is 4.90 Å². The highest BCUT2D eigenvalue weighted by Crippen LogP contribution is 2.05. The van der Waals surface area contributed by atoms with Crippen molar-refractivity contribution in [2.45, 2.75) is 19.9 Å². The molecule has 1 heterocycles. The fourth-order valence-corrected chi connectivity index (χ4v) is 1.46. The van der Waals surface area contributed by atoms with Crippen LogP contribution in [-0.4, -0.2) is 59.6 Å². The summed E-state index contributed by atoms with van der Waals surface area (Å²) in [6.07, 6.45) is 1.57. The number of nitrogens with zero attached hydrogens (tertiary/aromatic N) is 2. The number of imide groups is 1. The summed E-state index contributed by atoms with van der Waals surface area (Å²) < 4.78 is 0. The van der Waals surface area contributed by atoms with Gasteiger partial charge in [-0.2, -0.15) is 0 Å². The van der Waals surface area contributed by atoms with Crippen molar-refractivity contribution in [3.05, 3.63) is 0 Å². The molecule has 1 N–H and O–H groups in total. The van der Waals surface area contributed by atoms with E-state index in [1.165, 1.54) is 11.8 Å². The summed E-state index contributed by atoms with van der Waals surface area (Å²) in [7, 11) is 0. The van der Waals surface area contributed by atoms with Gasteiger partial charge >= 0.3 is 17.8 Å². The Balaban J connectivity index is 2.68. The third-order valence-electron chi connectivity index (χ3n) is 2.45. The number of carbonyl (C=O) groups excluding carboxylic acids is 4. The van der Waals surface area contributed by atoms with Crippen LogP contribution in [0.5, 0.6) is 0 Å². The van der Waals surface area contributed by atoms with Gasteiger partial charge in [-0.1, -0.05) is 0 Å². The highest BCUT2D eigenvalue weighted by Gasteiger charge is 2.35. The molecule has 1 fully saturated rings. The Morgan fingerprint density at radius 1 is 1.41 bits per heavy atom. The van der Waals surface area contributed by atoms with Gasteiger partial charge in [0, 0.05) is 19.6 Å². The summed E-state index contributed by atoms with van der Waals surface area (Å²) >= 11 is 0. The Bertz CT molecular complexity index is 355. The third-order valence-corrected chi connectivity index (χ3v) is 2.45. The summed E-state index contributed by atoms with van der Waals surface area (Å²) in [4.78, 5) is 47.1. The van der Waals surface area contributed by atoms with Crippen molar-refractivity contribution >= 4 is 24.1 Å². The smallest absolute Gasteiger partial charge is 0.325 e. The predicted octanol–water partition coefficient (Wildman–Crippen LogP) is -1.12. The van der Waals surface area contributed by atoms with E-state index < -0.39 is 23.9 Å². The van der Waals surface area contributed by atoms with E-state index in [2.05, 4.69) is 5.32 Å². The van der Waals surface area contributed by atoms with Crippen LogP contribution < -0.4 is 5.32 Å². The van der Waals surface area contributed by atoms with Crippen molar-refractivity contribution < 1.29 is 19.2 Å². The lowest BCUT2D eigenvalue weighted by Crippen LogP contribution is -2.59. The number of rotatable bonds is 3. The van der Waals surface area contributed by atoms with E-state index in [1.54, 1.807) is 13.2 Å². The van der Waals surface area contributed by atoms with Crippen LogP contribution in [0.1, 0.15) is 13.8 Å². The third kappa shape index (κ3) is 2.80. The number of hydrogen-bond acceptors (Lipinski definition) is 4. The quantitative estimate of drug-likeness (QED) is 0.633. The Kier molecular flexibility index (Phi) is 4.19. The summed E-state index contributed by atoms with van der Waals surface area (Å²) in [5.74, 6) is -1.56. The van der Waals surface area contributed by atoms with Gasteiger partial charge in [0.1, 0.15) is 0 Å². The zero-order valence-corrected chi connectivity index (χ0v) is 9.73. The Labute approximate surface area is 98.7 Å². The molecular weight excluding hydrogens is 226 g/mol. The van der Waals surface area contributed by atoms with Gasteiger partial charge in [0.15, 0.2) is 0 Å². The average molecular weight is 240 g/mol. The normalized spacial score (nSPS) is 18.0. The second kappa shape index (κ2) is 5.42. The van der Waals surface area contributed by atoms with Gasteiger partial charge in [-0.15, -0.1) is 0 Å². The van der Waals surface area contributed by atoms with Crippen molar-refractivity contribution in [2.75, 3.05) is 19.6 Å². The maximum Gasteiger partial charge on any atom is 0.325 e. The molecule has 1 saturated heterocycles. The van der Waals surface area contributed by atoms with Crippen LogP contribution in [0, 0.1) is 0 Å². The van der Waals surface area contributed by atoms with E-state index >= 15 is 0 Å². The van der Waals surface area contributed by atoms with Crippen LogP contribution in [0.2, 0.25) is 0 Å². The van der Waals surface area contributed by atoms with Gasteiger partial charge in [-0.05, 0) is 13.8 Å². The fraction of sp³-hybridized carbons (Fsp3) is 0.600. The predicted molar refractivity (Wildman–Crippen MR) is 57.7 cm³/mol. The van der Waals surface area contributed by atoms with Crippen molar-refractivity contribution in [1.82, 2.24) is 15.1 Å². The Morgan fingerprint density at radius 2 is 2.06 bits per heavy atom. The van der Waals surface area contributed by atoms with Crippen LogP contribution in [0.4, 0.5) is 4.79 Å². The molecule has 1 aliphatic rings. The monoisotopic (exact) mass is 240 g/mol. The molecule has 1 atom stereocenters. The summed E-state index contributed by atoms with van der Waals surface area (Å²) in [5, 5.41) is 2.25. The number of carbonyl (C=O) groups is 3. The minimum Gasteiger partial charge on any atom is -0.333 e. The molecule has 17 heavy (non-hydrogen) atoms. The van der Waals surface area contributed by atoms with Gasteiger partial charge in [0.2, 0.25) is 6.29 Å². The summed E-state index contributed by atoms with van der Waals surface area (Å²) in [6.45, 7) is 4.06. The number of urea groups is 1. The molecule has 0 aliphatic carbocycles. The zero-order chi connectivity index (χ0) is 13.0. The van der Waals surface area contributed by atoms with E-state index in [1.807, 2.05) is 0 Å². The molecule has 1 rings (SSSR count). The molecule has 0 spiro atoms. The molecule has 0 saturated carbocycles. The van der Waals surface area contributed by atoms with Gasteiger partial charge in [0.05, 0.1) is 6.04 Å². The van der Waals surface area contributed by atoms with E-state index in [9.17, 15) is 19.2 Å². The van der Waals surface area contributed by atoms with Crippen LogP contribution in [0.25, 0.3) is 0 Å². The standard InChI is InChI=1S/C10H14N3O4/c1-3-12-4-5-13(9(16)8(12)15)10(17)11-7(2)6-14/h7H,3-5H2,1-2H3,(H,11,17)/t7-/m1/s1. The molecule has 7 nitrogen and oxygen atoms in total. The molecule has 0 aromatic rings. The maximum absolute atomic E-state index is 11.6. The molecule has 1 aliphatic heterocycles. The molecular formula is C10H14N3O4. The number of nitrogens with one attached hydrogen (secondary N) is 1. The fourth-order valence-electron chi connectivity index (χ4n) is 1.46. The number of amides is 4. The summed E-state index contributed by atoms with van der Waals surface area (Å²) in [6, 6.07) is -1.55. The average Bonchev–Trinajstić information content (AvgIpc) is 2.32. The highest BCUT2D eigenvalue weighted by atomic mass is 16.2. The molecule has 4 amide bonds. The topological polar surface area (TPSA) is 86.8 Å². The Morgan fingerprint density at radius 3 is 2.59 bits per heavy atom. The number of hydrogen-bond donors (Lipinski definition) is 1. The van der Waals surface area contributed by atoms with Crippen molar-refractivity contribution in [3.63, 3.8) is 0 Å². The minimum atomic E-state index is -0.867.